The number of furan rings is 1. The first-order valence-corrected chi connectivity index (χ1v) is 7.35. The summed E-state index contributed by atoms with van der Waals surface area (Å²) in [6, 6.07) is 3.47. The number of hydrogen-bond acceptors (Lipinski definition) is 5. The molecule has 3 aromatic heterocycles. The Morgan fingerprint density at radius 1 is 1.42 bits per heavy atom. The third-order valence-corrected chi connectivity index (χ3v) is 3.66. The van der Waals surface area contributed by atoms with Crippen molar-refractivity contribution >= 4 is 22.7 Å². The number of amides is 1. The van der Waals surface area contributed by atoms with Crippen molar-refractivity contribution in [3.63, 3.8) is 0 Å². The van der Waals surface area contributed by atoms with Crippen molar-refractivity contribution in [2.75, 3.05) is 5.32 Å². The summed E-state index contributed by atoms with van der Waals surface area (Å²) in [6.45, 7) is 7.32. The van der Waals surface area contributed by atoms with Gasteiger partial charge in [-0.05, 0) is 26.0 Å². The molecule has 0 saturated carbocycles. The molecule has 1 amide bonds. The van der Waals surface area contributed by atoms with Crippen molar-refractivity contribution in [3.8, 4) is 0 Å². The molecule has 7 nitrogen and oxygen atoms in total. The molecular weight excluding hydrogens is 308 g/mol. The Labute approximate surface area is 137 Å². The zero-order valence-electron chi connectivity index (χ0n) is 13.4. The molecule has 0 spiro atoms. The maximum absolute atomic E-state index is 12.7. The van der Waals surface area contributed by atoms with Crippen molar-refractivity contribution in [2.24, 2.45) is 0 Å². The molecule has 24 heavy (non-hydrogen) atoms. The lowest BCUT2D eigenvalue weighted by atomic mass is 10.1. The number of fused-ring (bicyclic) bond motifs is 1. The van der Waals surface area contributed by atoms with E-state index in [0.717, 1.165) is 0 Å². The number of pyridine rings is 1. The number of aryl methyl sites for hydroxylation is 2. The SMILES string of the molecule is C=CCn1cnc2oc(C)c(C(=O)Nc3cccnc3C)c2c1=O. The van der Waals surface area contributed by atoms with Gasteiger partial charge in [-0.25, -0.2) is 4.98 Å². The van der Waals surface area contributed by atoms with Gasteiger partial charge in [0.05, 0.1) is 16.9 Å². The number of carbonyl (C=O) groups excluding carboxylic acids is 1. The predicted molar refractivity (Wildman–Crippen MR) is 90.1 cm³/mol. The fourth-order valence-corrected chi connectivity index (χ4v) is 2.48. The summed E-state index contributed by atoms with van der Waals surface area (Å²) >= 11 is 0. The second-order valence-corrected chi connectivity index (χ2v) is 5.29. The second kappa shape index (κ2) is 6.11. The summed E-state index contributed by atoms with van der Waals surface area (Å²) in [4.78, 5) is 33.5. The van der Waals surface area contributed by atoms with Gasteiger partial charge in [0.1, 0.15) is 17.5 Å². The highest BCUT2D eigenvalue weighted by Gasteiger charge is 2.23. The highest BCUT2D eigenvalue weighted by Crippen LogP contribution is 2.22. The standard InChI is InChI=1S/C17H16N4O3/c1-4-8-21-9-19-16-14(17(21)23)13(11(3)24-16)15(22)20-12-6-5-7-18-10(12)2/h4-7,9H,1,8H2,2-3H3,(H,20,22). The summed E-state index contributed by atoms with van der Waals surface area (Å²) in [7, 11) is 0. The van der Waals surface area contributed by atoms with Crippen LogP contribution in [0, 0.1) is 13.8 Å². The molecule has 3 aromatic rings. The molecule has 3 rings (SSSR count). The molecule has 0 fully saturated rings. The lowest BCUT2D eigenvalue weighted by Crippen LogP contribution is -2.22. The van der Waals surface area contributed by atoms with E-state index in [-0.39, 0.29) is 22.2 Å². The van der Waals surface area contributed by atoms with Crippen molar-refractivity contribution in [2.45, 2.75) is 20.4 Å². The fourth-order valence-electron chi connectivity index (χ4n) is 2.48. The van der Waals surface area contributed by atoms with Gasteiger partial charge in [0.2, 0.25) is 5.71 Å². The van der Waals surface area contributed by atoms with Gasteiger partial charge in [-0.1, -0.05) is 6.08 Å². The number of nitrogens with one attached hydrogen (secondary N) is 1. The maximum Gasteiger partial charge on any atom is 0.265 e. The minimum absolute atomic E-state index is 0.144. The first-order valence-electron chi connectivity index (χ1n) is 7.35. The first kappa shape index (κ1) is 15.7. The Morgan fingerprint density at radius 3 is 2.92 bits per heavy atom. The van der Waals surface area contributed by atoms with Gasteiger partial charge in [0, 0.05) is 12.7 Å². The molecule has 1 N–H and O–H groups in total. The Balaban J connectivity index is 2.11. The van der Waals surface area contributed by atoms with Crippen molar-refractivity contribution < 1.29 is 9.21 Å². The lowest BCUT2D eigenvalue weighted by Gasteiger charge is -2.07. The Bertz CT molecular complexity index is 1000. The molecule has 0 atom stereocenters. The summed E-state index contributed by atoms with van der Waals surface area (Å²) in [5.41, 5.74) is 1.24. The highest BCUT2D eigenvalue weighted by atomic mass is 16.3. The third-order valence-electron chi connectivity index (χ3n) is 3.66. The molecule has 0 radical (unpaired) electrons. The van der Waals surface area contributed by atoms with Crippen LogP contribution in [-0.4, -0.2) is 20.4 Å². The monoisotopic (exact) mass is 324 g/mol. The summed E-state index contributed by atoms with van der Waals surface area (Å²) < 4.78 is 6.85. The van der Waals surface area contributed by atoms with Crippen LogP contribution in [0.1, 0.15) is 21.8 Å². The van der Waals surface area contributed by atoms with Crippen LogP contribution in [0.5, 0.6) is 0 Å². The van der Waals surface area contributed by atoms with Crippen LogP contribution in [0.3, 0.4) is 0 Å². The average molecular weight is 324 g/mol. The predicted octanol–water partition coefficient (Wildman–Crippen LogP) is 2.44. The van der Waals surface area contributed by atoms with Gasteiger partial charge in [-0.3, -0.25) is 19.1 Å². The molecule has 7 heteroatoms. The molecule has 0 aromatic carbocycles. The number of anilines is 1. The van der Waals surface area contributed by atoms with Crippen LogP contribution in [-0.2, 0) is 6.54 Å². The number of rotatable bonds is 4. The lowest BCUT2D eigenvalue weighted by molar-refractivity contribution is 0.102. The zero-order valence-corrected chi connectivity index (χ0v) is 13.4. The number of carbonyl (C=O) groups is 1. The average Bonchev–Trinajstić information content (AvgIpc) is 2.89. The number of hydrogen-bond donors (Lipinski definition) is 1. The van der Waals surface area contributed by atoms with Crippen LogP contribution in [0.25, 0.3) is 11.1 Å². The van der Waals surface area contributed by atoms with Gasteiger partial charge in [0.15, 0.2) is 0 Å². The van der Waals surface area contributed by atoms with Gasteiger partial charge >= 0.3 is 0 Å². The van der Waals surface area contributed by atoms with E-state index in [1.165, 1.54) is 10.9 Å². The largest absolute Gasteiger partial charge is 0.442 e. The van der Waals surface area contributed by atoms with Gasteiger partial charge < -0.3 is 9.73 Å². The topological polar surface area (TPSA) is 90.0 Å². The molecule has 0 aliphatic heterocycles. The van der Waals surface area contributed by atoms with E-state index in [1.807, 2.05) is 0 Å². The van der Waals surface area contributed by atoms with Crippen LogP contribution in [0.4, 0.5) is 5.69 Å². The highest BCUT2D eigenvalue weighted by molar-refractivity contribution is 6.12. The molecule has 0 saturated heterocycles. The molecule has 0 unspecified atom stereocenters. The maximum atomic E-state index is 12.7. The normalized spacial score (nSPS) is 10.8. The van der Waals surface area contributed by atoms with E-state index < -0.39 is 5.91 Å². The summed E-state index contributed by atoms with van der Waals surface area (Å²) in [5, 5.41) is 2.93. The Hall–Kier alpha value is -3.22. The molecule has 0 aliphatic carbocycles. The quantitative estimate of drug-likeness (QED) is 0.744. The Kier molecular flexibility index (Phi) is 3.99. The van der Waals surface area contributed by atoms with Gasteiger partial charge in [-0.15, -0.1) is 6.58 Å². The smallest absolute Gasteiger partial charge is 0.265 e. The molecule has 0 bridgehead atoms. The Morgan fingerprint density at radius 2 is 2.21 bits per heavy atom. The second-order valence-electron chi connectivity index (χ2n) is 5.29. The summed E-state index contributed by atoms with van der Waals surface area (Å²) in [6.07, 6.45) is 4.60. The van der Waals surface area contributed by atoms with Gasteiger partial charge in [-0.2, -0.15) is 0 Å². The van der Waals surface area contributed by atoms with Crippen molar-refractivity contribution in [3.05, 3.63) is 64.7 Å². The van der Waals surface area contributed by atoms with E-state index in [4.69, 9.17) is 4.42 Å². The van der Waals surface area contributed by atoms with E-state index in [2.05, 4.69) is 21.9 Å². The van der Waals surface area contributed by atoms with E-state index in [0.29, 0.717) is 23.7 Å². The van der Waals surface area contributed by atoms with Crippen molar-refractivity contribution in [1.82, 2.24) is 14.5 Å². The molecular formula is C17H16N4O3. The van der Waals surface area contributed by atoms with Crippen LogP contribution < -0.4 is 10.9 Å². The van der Waals surface area contributed by atoms with Crippen LogP contribution in [0.15, 0.2) is 46.5 Å². The molecule has 0 aliphatic rings. The fraction of sp³-hybridized carbons (Fsp3) is 0.176. The number of nitrogens with zero attached hydrogens (tertiary/aromatic N) is 3. The minimum Gasteiger partial charge on any atom is -0.442 e. The minimum atomic E-state index is -0.433. The molecule has 122 valence electrons. The number of aromatic nitrogens is 3. The first-order chi connectivity index (χ1) is 11.5. The summed E-state index contributed by atoms with van der Waals surface area (Å²) in [5.74, 6) is -0.0948. The van der Waals surface area contributed by atoms with E-state index >= 15 is 0 Å². The number of allylic oxidation sites excluding steroid dienone is 1. The third kappa shape index (κ3) is 2.60. The molecule has 3 heterocycles. The van der Waals surface area contributed by atoms with Crippen molar-refractivity contribution in [1.29, 1.82) is 0 Å². The van der Waals surface area contributed by atoms with Crippen LogP contribution in [0.2, 0.25) is 0 Å². The van der Waals surface area contributed by atoms with Gasteiger partial charge in [0.25, 0.3) is 11.5 Å². The zero-order chi connectivity index (χ0) is 17.3. The van der Waals surface area contributed by atoms with E-state index in [1.54, 1.807) is 38.3 Å². The van der Waals surface area contributed by atoms with E-state index in [9.17, 15) is 9.59 Å². The van der Waals surface area contributed by atoms with Crippen LogP contribution >= 0.6 is 0 Å².